The molecule has 42 heavy (non-hydrogen) atoms. The summed E-state index contributed by atoms with van der Waals surface area (Å²) in [5.74, 6) is -0.0353. The van der Waals surface area contributed by atoms with Gasteiger partial charge in [0.05, 0.1) is 17.9 Å². The van der Waals surface area contributed by atoms with E-state index in [1.807, 2.05) is 5.38 Å². The van der Waals surface area contributed by atoms with E-state index < -0.39 is 17.5 Å². The molecule has 2 aromatic carbocycles. The Morgan fingerprint density at radius 3 is 2.60 bits per heavy atom. The van der Waals surface area contributed by atoms with Gasteiger partial charge in [-0.1, -0.05) is 12.1 Å². The molecular weight excluding hydrogens is 555 g/mol. The van der Waals surface area contributed by atoms with E-state index in [9.17, 15) is 9.18 Å². The van der Waals surface area contributed by atoms with Crippen molar-refractivity contribution in [3.63, 3.8) is 0 Å². The Labute approximate surface area is 249 Å². The monoisotopic (exact) mass is 592 g/mol. The summed E-state index contributed by atoms with van der Waals surface area (Å²) in [5, 5.41) is 15.0. The topological polar surface area (TPSA) is 85.8 Å². The summed E-state index contributed by atoms with van der Waals surface area (Å²) < 4.78 is 31.9. The highest BCUT2D eigenvalue weighted by atomic mass is 32.1. The van der Waals surface area contributed by atoms with Crippen LogP contribution in [0.4, 0.5) is 9.18 Å². The van der Waals surface area contributed by atoms with Crippen LogP contribution in [0, 0.1) is 5.82 Å². The van der Waals surface area contributed by atoms with Gasteiger partial charge in [-0.3, -0.25) is 0 Å². The Morgan fingerprint density at radius 1 is 1.02 bits per heavy atom. The molecule has 1 amide bonds. The molecule has 4 aromatic rings. The largest absolute Gasteiger partial charge is 0.490 e. The third-order valence-corrected chi connectivity index (χ3v) is 8.03. The number of nitrogens with zero attached hydrogens (tertiary/aromatic N) is 3. The maximum Gasteiger partial charge on any atom is 0.407 e. The molecule has 5 rings (SSSR count). The number of ether oxygens (including phenoxy) is 3. The maximum atomic E-state index is 14.3. The van der Waals surface area contributed by atoms with Crippen LogP contribution in [0.5, 0.6) is 5.75 Å². The van der Waals surface area contributed by atoms with Crippen molar-refractivity contribution in [2.24, 2.45) is 0 Å². The number of carbonyl (C=O) groups excluding carboxylic acids is 1. The van der Waals surface area contributed by atoms with Gasteiger partial charge < -0.3 is 24.4 Å². The fourth-order valence-corrected chi connectivity index (χ4v) is 5.93. The quantitative estimate of drug-likeness (QED) is 0.222. The molecule has 1 unspecified atom stereocenters. The zero-order valence-corrected chi connectivity index (χ0v) is 25.5. The number of nitrogens with one attached hydrogen (secondary N) is 1. The van der Waals surface area contributed by atoms with Crippen molar-refractivity contribution in [1.82, 2.24) is 20.4 Å². The number of hydrogen-bond donors (Lipinski definition) is 1. The highest BCUT2D eigenvalue weighted by Crippen LogP contribution is 2.40. The first-order valence-electron chi connectivity index (χ1n) is 14.1. The summed E-state index contributed by atoms with van der Waals surface area (Å²) >= 11 is 1.58. The highest BCUT2D eigenvalue weighted by Gasteiger charge is 2.24. The first-order chi connectivity index (χ1) is 20.1. The molecule has 1 aliphatic carbocycles. The Bertz CT molecular complexity index is 1570. The number of benzene rings is 2. The second kappa shape index (κ2) is 12.7. The molecule has 0 bridgehead atoms. The second-order valence-corrected chi connectivity index (χ2v) is 12.5. The van der Waals surface area contributed by atoms with Gasteiger partial charge in [0.2, 0.25) is 0 Å². The third-order valence-electron chi connectivity index (χ3n) is 7.11. The van der Waals surface area contributed by atoms with Crippen molar-refractivity contribution in [3.8, 4) is 28.3 Å². The van der Waals surface area contributed by atoms with E-state index in [1.165, 1.54) is 23.3 Å². The Morgan fingerprint density at radius 2 is 1.81 bits per heavy atom. The summed E-state index contributed by atoms with van der Waals surface area (Å²) in [5.41, 5.74) is 5.39. The van der Waals surface area contributed by atoms with E-state index in [0.29, 0.717) is 36.2 Å². The first-order valence-corrected chi connectivity index (χ1v) is 15.0. The number of hydrogen-bond acceptors (Lipinski definition) is 8. The van der Waals surface area contributed by atoms with Crippen molar-refractivity contribution >= 4 is 27.5 Å². The summed E-state index contributed by atoms with van der Waals surface area (Å²) in [6.07, 6.45) is 1.59. The molecule has 0 saturated heterocycles. The molecule has 8 nitrogen and oxygen atoms in total. The second-order valence-electron chi connectivity index (χ2n) is 11.6. The molecule has 2 aromatic heterocycles. The van der Waals surface area contributed by atoms with E-state index in [-0.39, 0.29) is 13.2 Å². The van der Waals surface area contributed by atoms with Crippen LogP contribution in [0.2, 0.25) is 0 Å². The van der Waals surface area contributed by atoms with Gasteiger partial charge in [0.25, 0.3) is 0 Å². The zero-order chi connectivity index (χ0) is 29.9. The van der Waals surface area contributed by atoms with Gasteiger partial charge in [0.15, 0.2) is 0 Å². The van der Waals surface area contributed by atoms with Gasteiger partial charge in [-0.15, -0.1) is 21.5 Å². The molecule has 0 radical (unpaired) electrons. The number of halogens is 1. The van der Waals surface area contributed by atoms with Gasteiger partial charge in [-0.2, -0.15) is 0 Å². The molecule has 1 aliphatic rings. The van der Waals surface area contributed by atoms with Crippen LogP contribution in [-0.2, 0) is 22.3 Å². The summed E-state index contributed by atoms with van der Waals surface area (Å²) in [6, 6.07) is 13.6. The van der Waals surface area contributed by atoms with Gasteiger partial charge in [0, 0.05) is 35.2 Å². The SMILES string of the molecule is CN(C)C1Cc2ccc(-c3nnc(-c4ccc(F)cc4OCCOCCNC(=O)OC(C)(C)C)c4sccc34)cc2C1. The Kier molecular flexibility index (Phi) is 9.05. The predicted molar refractivity (Wildman–Crippen MR) is 164 cm³/mol. The number of amides is 1. The fourth-order valence-electron chi connectivity index (χ4n) is 5.04. The number of carbonyl (C=O) groups is 1. The van der Waals surface area contributed by atoms with Gasteiger partial charge in [0.1, 0.15) is 35.2 Å². The fraction of sp³-hybridized carbons (Fsp3) is 0.406. The molecule has 1 atom stereocenters. The number of thiophene rings is 1. The minimum Gasteiger partial charge on any atom is -0.490 e. The lowest BCUT2D eigenvalue weighted by molar-refractivity contribution is 0.0489. The number of likely N-dealkylation sites (N-methyl/N-ethyl adjacent to an activating group) is 1. The average molecular weight is 593 g/mol. The Hall–Kier alpha value is -3.60. The normalized spacial score (nSPS) is 14.8. The van der Waals surface area contributed by atoms with Crippen LogP contribution >= 0.6 is 11.3 Å². The third kappa shape index (κ3) is 7.06. The van der Waals surface area contributed by atoms with E-state index in [1.54, 1.807) is 38.2 Å². The van der Waals surface area contributed by atoms with E-state index >= 15 is 0 Å². The highest BCUT2D eigenvalue weighted by molar-refractivity contribution is 7.17. The van der Waals surface area contributed by atoms with Gasteiger partial charge >= 0.3 is 6.09 Å². The first kappa shape index (κ1) is 29.9. The number of fused-ring (bicyclic) bond motifs is 2. The molecular formula is C32H37FN4O4S. The van der Waals surface area contributed by atoms with Crippen LogP contribution in [0.1, 0.15) is 31.9 Å². The van der Waals surface area contributed by atoms with Gasteiger partial charge in [-0.25, -0.2) is 9.18 Å². The lowest BCUT2D eigenvalue weighted by atomic mass is 10.0. The summed E-state index contributed by atoms with van der Waals surface area (Å²) in [7, 11) is 4.26. The van der Waals surface area contributed by atoms with Crippen molar-refractivity contribution in [2.45, 2.75) is 45.3 Å². The maximum absolute atomic E-state index is 14.3. The molecule has 2 heterocycles. The van der Waals surface area contributed by atoms with E-state index in [2.05, 4.69) is 58.8 Å². The summed E-state index contributed by atoms with van der Waals surface area (Å²) in [4.78, 5) is 14.0. The van der Waals surface area contributed by atoms with Crippen molar-refractivity contribution in [3.05, 3.63) is 64.8 Å². The molecule has 0 spiro atoms. The van der Waals surface area contributed by atoms with Crippen LogP contribution in [0.3, 0.4) is 0 Å². The standard InChI is InChI=1S/C32H37FN4O4S/c1-32(2,3)41-31(38)34-11-12-39-13-14-40-27-19-23(33)8-9-25(27)29-30-26(10-15-42-30)28(35-36-29)21-7-6-20-17-24(37(4)5)18-22(20)16-21/h6-10,15-16,19,24H,11-14,17-18H2,1-5H3,(H,34,38). The van der Waals surface area contributed by atoms with Crippen molar-refractivity contribution in [2.75, 3.05) is 40.5 Å². The smallest absolute Gasteiger partial charge is 0.407 e. The average Bonchev–Trinajstić information content (AvgIpc) is 3.59. The van der Waals surface area contributed by atoms with Crippen LogP contribution < -0.4 is 10.1 Å². The van der Waals surface area contributed by atoms with Crippen molar-refractivity contribution < 1.29 is 23.4 Å². The predicted octanol–water partition coefficient (Wildman–Crippen LogP) is 6.11. The Balaban J connectivity index is 1.27. The lowest BCUT2D eigenvalue weighted by Crippen LogP contribution is -2.34. The van der Waals surface area contributed by atoms with Crippen LogP contribution in [0.25, 0.3) is 32.6 Å². The number of rotatable bonds is 10. The van der Waals surface area contributed by atoms with Gasteiger partial charge in [-0.05, 0) is 88.5 Å². The summed E-state index contributed by atoms with van der Waals surface area (Å²) in [6.45, 7) is 6.47. The molecule has 1 N–H and O–H groups in total. The molecule has 222 valence electrons. The molecule has 10 heteroatoms. The van der Waals surface area contributed by atoms with E-state index in [0.717, 1.165) is 34.2 Å². The number of aromatic nitrogens is 2. The minimum atomic E-state index is -0.557. The lowest BCUT2D eigenvalue weighted by Gasteiger charge is -2.19. The zero-order valence-electron chi connectivity index (χ0n) is 24.7. The van der Waals surface area contributed by atoms with Crippen molar-refractivity contribution in [1.29, 1.82) is 0 Å². The minimum absolute atomic E-state index is 0.199. The molecule has 0 saturated carbocycles. The molecule has 0 fully saturated rings. The van der Waals surface area contributed by atoms with E-state index in [4.69, 9.17) is 14.2 Å². The van der Waals surface area contributed by atoms with Crippen LogP contribution in [-0.4, -0.2) is 73.3 Å². The van der Waals surface area contributed by atoms with Crippen LogP contribution in [0.15, 0.2) is 47.8 Å². The molecule has 0 aliphatic heterocycles. The number of alkyl carbamates (subject to hydrolysis) is 1.